The van der Waals surface area contributed by atoms with Crippen LogP contribution in [0.3, 0.4) is 0 Å². The Balaban J connectivity index is 1.78. The summed E-state index contributed by atoms with van der Waals surface area (Å²) in [5.41, 5.74) is 8.21. The maximum Gasteiger partial charge on any atom is 0.285 e. The van der Waals surface area contributed by atoms with Crippen molar-refractivity contribution in [2.45, 2.75) is 6.92 Å². The molecule has 0 bridgehead atoms. The molecule has 0 spiro atoms. The molecule has 0 unspecified atom stereocenters. The lowest BCUT2D eigenvalue weighted by Gasteiger charge is -2.15. The molecule has 0 fully saturated rings. The zero-order valence-electron chi connectivity index (χ0n) is 14.3. The Labute approximate surface area is 148 Å². The maximum atomic E-state index is 12.9. The van der Waals surface area contributed by atoms with Crippen LogP contribution < -0.4 is 15.4 Å². The molecular weight excluding hydrogens is 332 g/mol. The molecule has 0 aliphatic heterocycles. The molecule has 2 N–H and O–H groups in total. The maximum absolute atomic E-state index is 12.9. The second-order valence-corrected chi connectivity index (χ2v) is 6.07. The number of benzene rings is 2. The van der Waals surface area contributed by atoms with E-state index < -0.39 is 5.91 Å². The van der Waals surface area contributed by atoms with E-state index in [0.29, 0.717) is 28.2 Å². The molecule has 7 nitrogen and oxygen atoms in total. The van der Waals surface area contributed by atoms with Crippen LogP contribution in [0.1, 0.15) is 16.2 Å². The Morgan fingerprint density at radius 1 is 1.23 bits per heavy atom. The van der Waals surface area contributed by atoms with Gasteiger partial charge in [-0.2, -0.15) is 4.73 Å². The van der Waals surface area contributed by atoms with E-state index in [1.807, 2.05) is 0 Å². The van der Waals surface area contributed by atoms with Crippen molar-refractivity contribution in [1.82, 2.24) is 4.98 Å². The molecule has 0 aliphatic rings. The highest BCUT2D eigenvalue weighted by atomic mass is 16.5. The summed E-state index contributed by atoms with van der Waals surface area (Å²) in [5, 5.41) is 13.3. The molecule has 0 saturated heterocycles. The Hall–Kier alpha value is -3.61. The van der Waals surface area contributed by atoms with Crippen LogP contribution >= 0.6 is 0 Å². The third-order valence-corrected chi connectivity index (χ3v) is 4.35. The number of nitrogen functional groups attached to an aromatic ring is 1. The summed E-state index contributed by atoms with van der Waals surface area (Å²) in [6.07, 6.45) is 0. The number of furan rings is 1. The van der Waals surface area contributed by atoms with Crippen molar-refractivity contribution in [3.05, 3.63) is 65.1 Å². The fourth-order valence-electron chi connectivity index (χ4n) is 2.88. The van der Waals surface area contributed by atoms with Gasteiger partial charge in [-0.25, -0.2) is 4.98 Å². The van der Waals surface area contributed by atoms with Gasteiger partial charge >= 0.3 is 0 Å². The molecule has 4 aromatic rings. The molecule has 2 aromatic carbocycles. The normalized spacial score (nSPS) is 11.2. The first-order chi connectivity index (χ1) is 12.5. The van der Waals surface area contributed by atoms with E-state index in [1.165, 1.54) is 4.90 Å². The lowest BCUT2D eigenvalue weighted by molar-refractivity contribution is -0.584. The van der Waals surface area contributed by atoms with Crippen molar-refractivity contribution in [1.29, 1.82) is 0 Å². The number of carbonyl (C=O) groups excluding carboxylic acids is 1. The first-order valence-electron chi connectivity index (χ1n) is 8.02. The van der Waals surface area contributed by atoms with Gasteiger partial charge in [0, 0.05) is 37.2 Å². The van der Waals surface area contributed by atoms with Gasteiger partial charge in [-0.3, -0.25) is 9.69 Å². The van der Waals surface area contributed by atoms with Crippen LogP contribution in [0.15, 0.2) is 52.9 Å². The van der Waals surface area contributed by atoms with E-state index >= 15 is 0 Å². The number of hydrogen-bond acceptors (Lipinski definition) is 5. The summed E-state index contributed by atoms with van der Waals surface area (Å²) in [4.78, 5) is 18.6. The summed E-state index contributed by atoms with van der Waals surface area (Å²) in [5.74, 6) is -0.0766. The molecule has 1 amide bonds. The highest BCUT2D eigenvalue weighted by molar-refractivity contribution is 6.05. The fraction of sp³-hybridized carbons (Fsp3) is 0.105. The number of anilines is 2. The molecule has 0 aliphatic carbocycles. The van der Waals surface area contributed by atoms with E-state index in [4.69, 9.17) is 10.2 Å². The Morgan fingerprint density at radius 2 is 2.00 bits per heavy atom. The van der Waals surface area contributed by atoms with Crippen molar-refractivity contribution in [3.63, 3.8) is 0 Å². The van der Waals surface area contributed by atoms with Crippen LogP contribution in [0, 0.1) is 12.1 Å². The SMILES string of the molecule is Cc1c(C(=O)N(C)c2cc3cc(N)ccc3o2)nc2ccccc2[n+]1[O-]. The van der Waals surface area contributed by atoms with Gasteiger partial charge in [0.15, 0.2) is 5.69 Å². The van der Waals surface area contributed by atoms with Crippen LogP contribution in [-0.2, 0) is 0 Å². The molecule has 4 rings (SSSR count). The number of aromatic nitrogens is 2. The second-order valence-electron chi connectivity index (χ2n) is 6.07. The Bertz CT molecular complexity index is 1170. The van der Waals surface area contributed by atoms with Gasteiger partial charge in [0.2, 0.25) is 17.1 Å². The van der Waals surface area contributed by atoms with Crippen molar-refractivity contribution < 1.29 is 13.9 Å². The monoisotopic (exact) mass is 348 g/mol. The molecular formula is C19H16N4O3. The Kier molecular flexibility index (Phi) is 3.50. The molecule has 0 radical (unpaired) electrons. The number of hydrogen-bond donors (Lipinski definition) is 1. The smallest absolute Gasteiger partial charge is 0.285 e. The van der Waals surface area contributed by atoms with Crippen LogP contribution in [0.5, 0.6) is 0 Å². The van der Waals surface area contributed by atoms with E-state index in [0.717, 1.165) is 10.1 Å². The molecule has 0 saturated carbocycles. The van der Waals surface area contributed by atoms with Crippen molar-refractivity contribution >= 4 is 39.5 Å². The summed E-state index contributed by atoms with van der Waals surface area (Å²) in [7, 11) is 1.58. The van der Waals surface area contributed by atoms with Gasteiger partial charge in [-0.1, -0.05) is 12.1 Å². The number of para-hydroxylation sites is 2. The molecule has 0 atom stereocenters. The number of fused-ring (bicyclic) bond motifs is 2. The lowest BCUT2D eigenvalue weighted by atomic mass is 10.2. The number of rotatable bonds is 2. The fourth-order valence-corrected chi connectivity index (χ4v) is 2.88. The molecule has 2 aromatic heterocycles. The van der Waals surface area contributed by atoms with E-state index in [2.05, 4.69) is 4.98 Å². The summed E-state index contributed by atoms with van der Waals surface area (Å²) < 4.78 is 6.45. The molecule has 26 heavy (non-hydrogen) atoms. The predicted molar refractivity (Wildman–Crippen MR) is 98.8 cm³/mol. The quantitative estimate of drug-likeness (QED) is 0.341. The number of amides is 1. The van der Waals surface area contributed by atoms with Gasteiger partial charge in [0.1, 0.15) is 11.1 Å². The van der Waals surface area contributed by atoms with E-state index in [9.17, 15) is 10.0 Å². The third kappa shape index (κ3) is 2.41. The van der Waals surface area contributed by atoms with Gasteiger partial charge in [0.05, 0.1) is 0 Å². The Morgan fingerprint density at radius 3 is 2.81 bits per heavy atom. The summed E-state index contributed by atoms with van der Waals surface area (Å²) in [6, 6.07) is 13.9. The number of carbonyl (C=O) groups is 1. The van der Waals surface area contributed by atoms with Crippen LogP contribution in [0.25, 0.3) is 22.0 Å². The minimum atomic E-state index is -0.426. The first-order valence-corrected chi connectivity index (χ1v) is 8.02. The summed E-state index contributed by atoms with van der Waals surface area (Å²) in [6.45, 7) is 1.58. The predicted octanol–water partition coefficient (Wildman–Crippen LogP) is 2.78. The minimum Gasteiger partial charge on any atom is -0.618 e. The molecule has 130 valence electrons. The van der Waals surface area contributed by atoms with Gasteiger partial charge in [0.25, 0.3) is 5.91 Å². The van der Waals surface area contributed by atoms with Crippen molar-refractivity contribution in [2.24, 2.45) is 0 Å². The minimum absolute atomic E-state index is 0.0844. The van der Waals surface area contributed by atoms with Crippen molar-refractivity contribution in [3.8, 4) is 0 Å². The van der Waals surface area contributed by atoms with Gasteiger partial charge in [-0.05, 0) is 24.3 Å². The van der Waals surface area contributed by atoms with E-state index in [-0.39, 0.29) is 11.4 Å². The highest BCUT2D eigenvalue weighted by Crippen LogP contribution is 2.28. The lowest BCUT2D eigenvalue weighted by Crippen LogP contribution is -2.37. The zero-order chi connectivity index (χ0) is 18.4. The highest BCUT2D eigenvalue weighted by Gasteiger charge is 2.26. The third-order valence-electron chi connectivity index (χ3n) is 4.35. The van der Waals surface area contributed by atoms with E-state index in [1.54, 1.807) is 62.5 Å². The largest absolute Gasteiger partial charge is 0.618 e. The standard InChI is InChI=1S/C19H16N4O3/c1-11-18(21-14-5-3-4-6-15(14)23(11)25)19(24)22(2)17-10-12-9-13(20)7-8-16(12)26-17/h3-10H,20H2,1-2H3. The number of nitrogens with two attached hydrogens (primary N) is 1. The average Bonchev–Trinajstić information content (AvgIpc) is 3.06. The van der Waals surface area contributed by atoms with Crippen molar-refractivity contribution in [2.75, 3.05) is 17.7 Å². The zero-order valence-corrected chi connectivity index (χ0v) is 14.3. The van der Waals surface area contributed by atoms with Crippen LogP contribution in [0.2, 0.25) is 0 Å². The van der Waals surface area contributed by atoms with Gasteiger partial charge in [-0.15, -0.1) is 0 Å². The van der Waals surface area contributed by atoms with Crippen LogP contribution in [-0.4, -0.2) is 17.9 Å². The van der Waals surface area contributed by atoms with Gasteiger partial charge < -0.3 is 15.4 Å². The topological polar surface area (TPSA) is 99.3 Å². The molecule has 2 heterocycles. The van der Waals surface area contributed by atoms with Crippen LogP contribution in [0.4, 0.5) is 11.6 Å². The first kappa shape index (κ1) is 15.9. The molecule has 7 heteroatoms. The second kappa shape index (κ2) is 5.73. The summed E-state index contributed by atoms with van der Waals surface area (Å²) >= 11 is 0. The number of nitrogens with zero attached hydrogens (tertiary/aromatic N) is 3. The average molecular weight is 348 g/mol.